The van der Waals surface area contributed by atoms with Gasteiger partial charge in [-0.15, -0.1) is 0 Å². The lowest BCUT2D eigenvalue weighted by atomic mass is 10.1. The van der Waals surface area contributed by atoms with Crippen molar-refractivity contribution in [1.82, 2.24) is 9.55 Å². The molecule has 22 heavy (non-hydrogen) atoms. The van der Waals surface area contributed by atoms with Gasteiger partial charge in [-0.2, -0.15) is 0 Å². The molecule has 1 heterocycles. The van der Waals surface area contributed by atoms with Gasteiger partial charge in [0, 0.05) is 13.0 Å². The molecule has 2 N–H and O–H groups in total. The van der Waals surface area contributed by atoms with Crippen LogP contribution in [-0.2, 0) is 19.4 Å². The summed E-state index contributed by atoms with van der Waals surface area (Å²) in [6.07, 6.45) is 4.30. The fraction of sp³-hybridized carbons (Fsp3) is 0.316. The van der Waals surface area contributed by atoms with Crippen LogP contribution in [-0.4, -0.2) is 9.55 Å². The van der Waals surface area contributed by atoms with Gasteiger partial charge in [0.2, 0.25) is 0 Å². The molecule has 0 saturated heterocycles. The maximum Gasteiger partial charge on any atom is 0.112 e. The van der Waals surface area contributed by atoms with Gasteiger partial charge in [0.1, 0.15) is 11.3 Å². The van der Waals surface area contributed by atoms with Gasteiger partial charge in [-0.1, -0.05) is 43.3 Å². The summed E-state index contributed by atoms with van der Waals surface area (Å²) < 4.78 is 2.35. The summed E-state index contributed by atoms with van der Waals surface area (Å²) in [6.45, 7) is 3.18. The Balaban J connectivity index is 1.82. The Morgan fingerprint density at radius 2 is 1.82 bits per heavy atom. The van der Waals surface area contributed by atoms with Crippen LogP contribution in [0.15, 0.2) is 48.5 Å². The molecule has 0 atom stereocenters. The van der Waals surface area contributed by atoms with Crippen LogP contribution < -0.4 is 5.73 Å². The summed E-state index contributed by atoms with van der Waals surface area (Å²) in [6, 6.07) is 16.7. The number of anilines is 1. The van der Waals surface area contributed by atoms with Crippen molar-refractivity contribution in [3.05, 3.63) is 59.9 Å². The molecule has 3 rings (SSSR count). The number of aryl methyl sites for hydroxylation is 3. The van der Waals surface area contributed by atoms with Crippen molar-refractivity contribution in [2.75, 3.05) is 5.73 Å². The minimum atomic E-state index is 0.775. The first-order valence-electron chi connectivity index (χ1n) is 8.07. The highest BCUT2D eigenvalue weighted by Gasteiger charge is 2.11. The van der Waals surface area contributed by atoms with E-state index in [-0.39, 0.29) is 0 Å². The van der Waals surface area contributed by atoms with Gasteiger partial charge >= 0.3 is 0 Å². The molecule has 0 radical (unpaired) electrons. The predicted molar refractivity (Wildman–Crippen MR) is 92.9 cm³/mol. The van der Waals surface area contributed by atoms with E-state index in [4.69, 9.17) is 10.7 Å². The third-order valence-corrected chi connectivity index (χ3v) is 4.05. The number of rotatable bonds is 6. The zero-order valence-corrected chi connectivity index (χ0v) is 13.1. The molecule has 0 spiro atoms. The normalized spacial score (nSPS) is 11.1. The van der Waals surface area contributed by atoms with Crippen molar-refractivity contribution < 1.29 is 0 Å². The van der Waals surface area contributed by atoms with Crippen molar-refractivity contribution >= 4 is 16.7 Å². The molecule has 114 valence electrons. The monoisotopic (exact) mass is 293 g/mol. The molecule has 0 fully saturated rings. The molecule has 0 aliphatic rings. The summed E-state index contributed by atoms with van der Waals surface area (Å²) in [5, 5.41) is 0. The number of nitrogens with two attached hydrogens (primary N) is 1. The first kappa shape index (κ1) is 14.6. The van der Waals surface area contributed by atoms with Crippen LogP contribution in [0, 0.1) is 0 Å². The van der Waals surface area contributed by atoms with E-state index in [1.807, 2.05) is 12.1 Å². The molecule has 0 aliphatic carbocycles. The molecule has 0 amide bonds. The van der Waals surface area contributed by atoms with E-state index in [0.717, 1.165) is 54.8 Å². The molecule has 0 bridgehead atoms. The lowest BCUT2D eigenvalue weighted by Crippen LogP contribution is -2.05. The molecule has 0 unspecified atom stereocenters. The van der Waals surface area contributed by atoms with Crippen molar-refractivity contribution in [3.63, 3.8) is 0 Å². The molecule has 3 nitrogen and oxygen atoms in total. The number of imidazole rings is 1. The van der Waals surface area contributed by atoms with Crippen LogP contribution in [0.5, 0.6) is 0 Å². The van der Waals surface area contributed by atoms with Crippen molar-refractivity contribution in [2.24, 2.45) is 0 Å². The van der Waals surface area contributed by atoms with Gasteiger partial charge in [0.15, 0.2) is 0 Å². The largest absolute Gasteiger partial charge is 0.397 e. The minimum Gasteiger partial charge on any atom is -0.397 e. The highest BCUT2D eigenvalue weighted by atomic mass is 15.1. The van der Waals surface area contributed by atoms with E-state index in [1.165, 1.54) is 5.56 Å². The quantitative estimate of drug-likeness (QED) is 0.692. The van der Waals surface area contributed by atoms with Crippen LogP contribution in [0.1, 0.15) is 31.2 Å². The van der Waals surface area contributed by atoms with Gasteiger partial charge in [-0.25, -0.2) is 4.98 Å². The SMILES string of the molecule is CCCc1nc2c(N)cccc2n1CCCc1ccccc1. The summed E-state index contributed by atoms with van der Waals surface area (Å²) in [5.74, 6) is 1.16. The van der Waals surface area contributed by atoms with Crippen LogP contribution in [0.25, 0.3) is 11.0 Å². The smallest absolute Gasteiger partial charge is 0.112 e. The van der Waals surface area contributed by atoms with E-state index in [2.05, 4.69) is 47.9 Å². The topological polar surface area (TPSA) is 43.8 Å². The van der Waals surface area contributed by atoms with Crippen LogP contribution in [0.4, 0.5) is 5.69 Å². The second-order valence-electron chi connectivity index (χ2n) is 5.73. The molecular formula is C19H23N3. The zero-order chi connectivity index (χ0) is 15.4. The zero-order valence-electron chi connectivity index (χ0n) is 13.1. The first-order valence-corrected chi connectivity index (χ1v) is 8.07. The molecular weight excluding hydrogens is 270 g/mol. The van der Waals surface area contributed by atoms with Gasteiger partial charge < -0.3 is 10.3 Å². The standard InChI is InChI=1S/C19H23N3/c1-2-8-18-21-19-16(20)12-6-13-17(19)22(18)14-7-11-15-9-4-3-5-10-15/h3-6,9-10,12-13H,2,7-8,11,14,20H2,1H3. The van der Waals surface area contributed by atoms with E-state index in [9.17, 15) is 0 Å². The van der Waals surface area contributed by atoms with E-state index >= 15 is 0 Å². The Labute approximate surface area is 131 Å². The number of nitrogen functional groups attached to an aromatic ring is 1. The summed E-state index contributed by atoms with van der Waals surface area (Å²) in [7, 11) is 0. The number of aromatic nitrogens is 2. The minimum absolute atomic E-state index is 0.775. The number of hydrogen-bond donors (Lipinski definition) is 1. The van der Waals surface area contributed by atoms with Crippen molar-refractivity contribution in [3.8, 4) is 0 Å². The van der Waals surface area contributed by atoms with Gasteiger partial charge in [-0.3, -0.25) is 0 Å². The highest BCUT2D eigenvalue weighted by Crippen LogP contribution is 2.23. The maximum atomic E-state index is 6.08. The van der Waals surface area contributed by atoms with Gasteiger partial charge in [-0.05, 0) is 37.0 Å². The maximum absolute atomic E-state index is 6.08. The summed E-state index contributed by atoms with van der Waals surface area (Å²) in [5.41, 5.74) is 10.4. The highest BCUT2D eigenvalue weighted by molar-refractivity contribution is 5.87. The van der Waals surface area contributed by atoms with Gasteiger partial charge in [0.05, 0.1) is 11.2 Å². The number of fused-ring (bicyclic) bond motifs is 1. The fourth-order valence-electron chi connectivity index (χ4n) is 2.97. The number of benzene rings is 2. The van der Waals surface area contributed by atoms with E-state index in [0.29, 0.717) is 0 Å². The number of nitrogens with zero attached hydrogens (tertiary/aromatic N) is 2. The van der Waals surface area contributed by atoms with Gasteiger partial charge in [0.25, 0.3) is 0 Å². The lowest BCUT2D eigenvalue weighted by molar-refractivity contribution is 0.619. The van der Waals surface area contributed by atoms with Crippen molar-refractivity contribution in [1.29, 1.82) is 0 Å². The molecule has 0 saturated carbocycles. The second kappa shape index (κ2) is 6.65. The Morgan fingerprint density at radius 3 is 2.59 bits per heavy atom. The second-order valence-corrected chi connectivity index (χ2v) is 5.73. The Hall–Kier alpha value is -2.29. The molecule has 3 aromatic rings. The molecule has 1 aromatic heterocycles. The Kier molecular flexibility index (Phi) is 4.42. The number of para-hydroxylation sites is 1. The van der Waals surface area contributed by atoms with Crippen LogP contribution >= 0.6 is 0 Å². The number of hydrogen-bond acceptors (Lipinski definition) is 2. The first-order chi connectivity index (χ1) is 10.8. The van der Waals surface area contributed by atoms with Crippen LogP contribution in [0.2, 0.25) is 0 Å². The van der Waals surface area contributed by atoms with E-state index < -0.39 is 0 Å². The summed E-state index contributed by atoms with van der Waals surface area (Å²) >= 11 is 0. The Bertz CT molecular complexity index is 744. The average Bonchev–Trinajstić information content (AvgIpc) is 2.88. The summed E-state index contributed by atoms with van der Waals surface area (Å²) in [4.78, 5) is 4.77. The molecule has 3 heteroatoms. The third kappa shape index (κ3) is 2.98. The van der Waals surface area contributed by atoms with E-state index in [1.54, 1.807) is 0 Å². The van der Waals surface area contributed by atoms with Crippen LogP contribution in [0.3, 0.4) is 0 Å². The lowest BCUT2D eigenvalue weighted by Gasteiger charge is -2.09. The predicted octanol–water partition coefficient (Wildman–Crippen LogP) is 4.20. The molecule has 2 aromatic carbocycles. The molecule has 0 aliphatic heterocycles. The fourth-order valence-corrected chi connectivity index (χ4v) is 2.97. The van der Waals surface area contributed by atoms with Crippen molar-refractivity contribution in [2.45, 2.75) is 39.2 Å². The third-order valence-electron chi connectivity index (χ3n) is 4.05. The Morgan fingerprint density at radius 1 is 1.00 bits per heavy atom. The average molecular weight is 293 g/mol.